The van der Waals surface area contributed by atoms with E-state index in [4.69, 9.17) is 16.9 Å². The van der Waals surface area contributed by atoms with Crippen LogP contribution in [0.4, 0.5) is 24.5 Å². The summed E-state index contributed by atoms with van der Waals surface area (Å²) in [4.78, 5) is 0. The minimum Gasteiger partial charge on any atom is -0.404 e. The summed E-state index contributed by atoms with van der Waals surface area (Å²) in [7, 11) is 0. The van der Waals surface area contributed by atoms with Crippen LogP contribution in [0, 0.1) is 11.3 Å². The van der Waals surface area contributed by atoms with Crippen molar-refractivity contribution in [2.45, 2.75) is 6.36 Å². The van der Waals surface area contributed by atoms with Crippen LogP contribution in [0.1, 0.15) is 5.56 Å². The summed E-state index contributed by atoms with van der Waals surface area (Å²) >= 11 is 5.97. The minimum absolute atomic E-state index is 0.112. The molecule has 0 fully saturated rings. The van der Waals surface area contributed by atoms with E-state index in [0.717, 1.165) is 0 Å². The van der Waals surface area contributed by atoms with Crippen LogP contribution in [0.15, 0.2) is 42.5 Å². The molecule has 0 aromatic heterocycles. The fraction of sp³-hybridized carbons (Fsp3) is 0.0714. The van der Waals surface area contributed by atoms with Crippen LogP contribution in [0.5, 0.6) is 5.75 Å². The second kappa shape index (κ2) is 5.94. The molecular weight excluding hydrogens is 305 g/mol. The van der Waals surface area contributed by atoms with Gasteiger partial charge in [0.15, 0.2) is 5.75 Å². The van der Waals surface area contributed by atoms with Crippen LogP contribution in [-0.2, 0) is 0 Å². The van der Waals surface area contributed by atoms with E-state index in [1.165, 1.54) is 36.4 Å². The quantitative estimate of drug-likeness (QED) is 0.880. The lowest BCUT2D eigenvalue weighted by atomic mass is 10.2. The molecule has 0 saturated carbocycles. The van der Waals surface area contributed by atoms with E-state index in [1.807, 2.05) is 6.07 Å². The van der Waals surface area contributed by atoms with E-state index >= 15 is 0 Å². The monoisotopic (exact) mass is 312 g/mol. The molecule has 21 heavy (non-hydrogen) atoms. The van der Waals surface area contributed by atoms with Crippen molar-refractivity contribution in [1.82, 2.24) is 0 Å². The van der Waals surface area contributed by atoms with Crippen LogP contribution < -0.4 is 10.1 Å². The third-order valence-electron chi connectivity index (χ3n) is 2.48. The Morgan fingerprint density at radius 3 is 2.43 bits per heavy atom. The molecule has 108 valence electrons. The van der Waals surface area contributed by atoms with Gasteiger partial charge in [-0.05, 0) is 30.3 Å². The predicted molar refractivity (Wildman–Crippen MR) is 72.6 cm³/mol. The Morgan fingerprint density at radius 1 is 1.10 bits per heavy atom. The van der Waals surface area contributed by atoms with E-state index < -0.39 is 6.36 Å². The van der Waals surface area contributed by atoms with Gasteiger partial charge in [0.1, 0.15) is 0 Å². The first-order valence-electron chi connectivity index (χ1n) is 5.70. The molecular formula is C14H8ClF3N2O. The van der Waals surface area contributed by atoms with Gasteiger partial charge in [-0.25, -0.2) is 0 Å². The number of hydrogen-bond acceptors (Lipinski definition) is 3. The number of nitrogens with one attached hydrogen (secondary N) is 1. The van der Waals surface area contributed by atoms with Crippen LogP contribution in [0.25, 0.3) is 0 Å². The standard InChI is InChI=1S/C14H8ClF3N2O/c15-10-7-9(8-19)5-6-11(10)20-12-3-1-2-4-13(12)21-14(16,17)18/h1-7,20H. The van der Waals surface area contributed by atoms with Crippen molar-refractivity contribution in [2.75, 3.05) is 5.32 Å². The van der Waals surface area contributed by atoms with E-state index in [-0.39, 0.29) is 16.5 Å². The molecule has 0 bridgehead atoms. The number of benzene rings is 2. The number of nitriles is 1. The van der Waals surface area contributed by atoms with Gasteiger partial charge in [-0.15, -0.1) is 13.2 Å². The van der Waals surface area contributed by atoms with E-state index in [2.05, 4.69) is 10.1 Å². The van der Waals surface area contributed by atoms with Gasteiger partial charge >= 0.3 is 6.36 Å². The van der Waals surface area contributed by atoms with E-state index in [1.54, 1.807) is 6.07 Å². The summed E-state index contributed by atoms with van der Waals surface area (Å²) in [5.74, 6) is -0.370. The second-order valence-electron chi connectivity index (χ2n) is 3.98. The summed E-state index contributed by atoms with van der Waals surface area (Å²) in [5.41, 5.74) is 0.834. The van der Waals surface area contributed by atoms with Crippen LogP contribution in [0.2, 0.25) is 5.02 Å². The molecule has 0 heterocycles. The molecule has 0 aliphatic carbocycles. The molecule has 0 atom stereocenters. The Kier molecular flexibility index (Phi) is 4.24. The first-order valence-corrected chi connectivity index (χ1v) is 6.08. The normalized spacial score (nSPS) is 10.8. The third kappa shape index (κ3) is 4.04. The number of hydrogen-bond donors (Lipinski definition) is 1. The van der Waals surface area contributed by atoms with Crippen LogP contribution in [-0.4, -0.2) is 6.36 Å². The number of rotatable bonds is 3. The average Bonchev–Trinajstić information content (AvgIpc) is 2.41. The lowest BCUT2D eigenvalue weighted by Crippen LogP contribution is -2.17. The molecule has 2 rings (SSSR count). The summed E-state index contributed by atoms with van der Waals surface area (Å²) < 4.78 is 40.9. The highest BCUT2D eigenvalue weighted by Crippen LogP contribution is 2.34. The summed E-state index contributed by atoms with van der Waals surface area (Å²) in [6.07, 6.45) is -4.79. The number of alkyl halides is 3. The molecule has 2 aromatic carbocycles. The number of nitrogens with zero attached hydrogens (tertiary/aromatic N) is 1. The molecule has 0 unspecified atom stereocenters. The third-order valence-corrected chi connectivity index (χ3v) is 2.79. The minimum atomic E-state index is -4.79. The zero-order chi connectivity index (χ0) is 15.5. The smallest absolute Gasteiger partial charge is 0.404 e. The first kappa shape index (κ1) is 15.0. The Bertz CT molecular complexity index is 695. The number of anilines is 2. The Balaban J connectivity index is 2.30. The second-order valence-corrected chi connectivity index (χ2v) is 4.38. The number of para-hydroxylation sites is 2. The maximum absolute atomic E-state index is 12.3. The summed E-state index contributed by atoms with van der Waals surface area (Å²) in [6, 6.07) is 11.9. The van der Waals surface area contributed by atoms with E-state index in [9.17, 15) is 13.2 Å². The Labute approximate surface area is 123 Å². The van der Waals surface area contributed by atoms with Crippen molar-refractivity contribution in [3.05, 3.63) is 53.1 Å². The largest absolute Gasteiger partial charge is 0.573 e. The SMILES string of the molecule is N#Cc1ccc(Nc2ccccc2OC(F)(F)F)c(Cl)c1. The lowest BCUT2D eigenvalue weighted by molar-refractivity contribution is -0.274. The van der Waals surface area contributed by atoms with Gasteiger partial charge in [-0.1, -0.05) is 23.7 Å². The van der Waals surface area contributed by atoms with Gasteiger partial charge in [0, 0.05) is 0 Å². The fourth-order valence-electron chi connectivity index (χ4n) is 1.61. The zero-order valence-corrected chi connectivity index (χ0v) is 11.2. The maximum atomic E-state index is 12.3. The molecule has 0 saturated heterocycles. The molecule has 0 radical (unpaired) electrons. The topological polar surface area (TPSA) is 45.0 Å². The van der Waals surface area contributed by atoms with Gasteiger partial charge in [-0.3, -0.25) is 0 Å². The van der Waals surface area contributed by atoms with Gasteiger partial charge in [-0.2, -0.15) is 5.26 Å². The molecule has 1 N–H and O–H groups in total. The molecule has 3 nitrogen and oxygen atoms in total. The molecule has 0 aliphatic heterocycles. The van der Waals surface area contributed by atoms with Crippen molar-refractivity contribution < 1.29 is 17.9 Å². The average molecular weight is 313 g/mol. The summed E-state index contributed by atoms with van der Waals surface area (Å²) in [6.45, 7) is 0. The zero-order valence-electron chi connectivity index (χ0n) is 10.4. The molecule has 2 aromatic rings. The first-order chi connectivity index (χ1) is 9.89. The van der Waals surface area contributed by atoms with Crippen LogP contribution >= 0.6 is 11.6 Å². The highest BCUT2D eigenvalue weighted by molar-refractivity contribution is 6.33. The number of ether oxygens (including phenoxy) is 1. The highest BCUT2D eigenvalue weighted by Gasteiger charge is 2.32. The van der Waals surface area contributed by atoms with Gasteiger partial charge in [0.05, 0.1) is 28.0 Å². The van der Waals surface area contributed by atoms with Gasteiger partial charge in [0.25, 0.3) is 0 Å². The summed E-state index contributed by atoms with van der Waals surface area (Å²) in [5, 5.41) is 11.7. The maximum Gasteiger partial charge on any atom is 0.573 e. The van der Waals surface area contributed by atoms with Crippen molar-refractivity contribution in [3.8, 4) is 11.8 Å². The number of halogens is 4. The molecule has 7 heteroatoms. The Hall–Kier alpha value is -2.39. The molecule has 0 amide bonds. The lowest BCUT2D eigenvalue weighted by Gasteiger charge is -2.15. The molecule has 0 spiro atoms. The van der Waals surface area contributed by atoms with Crippen LogP contribution in [0.3, 0.4) is 0 Å². The van der Waals surface area contributed by atoms with Gasteiger partial charge < -0.3 is 10.1 Å². The fourth-order valence-corrected chi connectivity index (χ4v) is 1.84. The highest BCUT2D eigenvalue weighted by atomic mass is 35.5. The van der Waals surface area contributed by atoms with E-state index in [0.29, 0.717) is 11.3 Å². The predicted octanol–water partition coefficient (Wildman–Crippen LogP) is 4.85. The van der Waals surface area contributed by atoms with Crippen molar-refractivity contribution in [2.24, 2.45) is 0 Å². The van der Waals surface area contributed by atoms with Crippen molar-refractivity contribution >= 4 is 23.0 Å². The van der Waals surface area contributed by atoms with Crippen molar-refractivity contribution in [3.63, 3.8) is 0 Å². The van der Waals surface area contributed by atoms with Crippen molar-refractivity contribution in [1.29, 1.82) is 5.26 Å². The van der Waals surface area contributed by atoms with Gasteiger partial charge in [0.2, 0.25) is 0 Å². The molecule has 0 aliphatic rings. The Morgan fingerprint density at radius 2 is 1.81 bits per heavy atom.